The zero-order valence-corrected chi connectivity index (χ0v) is 15.7. The first-order valence-electron chi connectivity index (χ1n) is 9.56. The fourth-order valence-electron chi connectivity index (χ4n) is 4.38. The first kappa shape index (κ1) is 18.0. The van der Waals surface area contributed by atoms with Crippen LogP contribution in [0.4, 0.5) is 5.69 Å². The molecule has 0 radical (unpaired) electrons. The van der Waals surface area contributed by atoms with Crippen LogP contribution in [0.5, 0.6) is 5.75 Å². The summed E-state index contributed by atoms with van der Waals surface area (Å²) in [5.41, 5.74) is 1.80. The number of likely N-dealkylation sites (N-methyl/N-ethyl adjacent to an activating group) is 1. The Bertz CT molecular complexity index is 800. The van der Waals surface area contributed by atoms with Crippen molar-refractivity contribution >= 4 is 11.6 Å². The van der Waals surface area contributed by atoms with E-state index >= 15 is 0 Å². The zero-order valence-electron chi connectivity index (χ0n) is 15.7. The highest BCUT2D eigenvalue weighted by atomic mass is 16.5. The number of β-amino-alcohol motifs (C(OH)–C–C–N with tert-alkyl or cyclic N) is 1. The molecule has 1 spiro atoms. The number of anilines is 1. The quantitative estimate of drug-likeness (QED) is 0.883. The molecule has 27 heavy (non-hydrogen) atoms. The van der Waals surface area contributed by atoms with Crippen LogP contribution in [0.2, 0.25) is 0 Å². The van der Waals surface area contributed by atoms with Gasteiger partial charge < -0.3 is 19.6 Å². The molecule has 1 saturated heterocycles. The topological polar surface area (TPSA) is 53.0 Å². The van der Waals surface area contributed by atoms with Crippen molar-refractivity contribution in [3.8, 4) is 5.75 Å². The molecule has 0 bridgehead atoms. The molecule has 0 aromatic heterocycles. The lowest BCUT2D eigenvalue weighted by Gasteiger charge is -2.39. The molecule has 1 amide bonds. The lowest BCUT2D eigenvalue weighted by Crippen LogP contribution is -2.49. The molecule has 2 aromatic carbocycles. The predicted octanol–water partition coefficient (Wildman–Crippen LogP) is 2.44. The first-order chi connectivity index (χ1) is 13.1. The molecule has 5 heteroatoms. The van der Waals surface area contributed by atoms with Crippen LogP contribution in [-0.2, 0) is 10.2 Å². The summed E-state index contributed by atoms with van der Waals surface area (Å²) in [5, 5.41) is 10.3. The van der Waals surface area contributed by atoms with Gasteiger partial charge in [-0.2, -0.15) is 0 Å². The maximum atomic E-state index is 13.0. The van der Waals surface area contributed by atoms with Gasteiger partial charge in [-0.05, 0) is 49.7 Å². The summed E-state index contributed by atoms with van der Waals surface area (Å²) in [4.78, 5) is 17.0. The van der Waals surface area contributed by atoms with Crippen LogP contribution in [0.15, 0.2) is 54.6 Å². The number of ether oxygens (including phenoxy) is 1. The van der Waals surface area contributed by atoms with E-state index in [9.17, 15) is 9.90 Å². The van der Waals surface area contributed by atoms with E-state index in [1.807, 2.05) is 55.6 Å². The Morgan fingerprint density at radius 1 is 1.07 bits per heavy atom. The molecule has 2 heterocycles. The predicted molar refractivity (Wildman–Crippen MR) is 105 cm³/mol. The standard InChI is InChI=1S/C22H26N2O3/c1-23-20-10-6-5-9-19(20)22(21(23)26)11-13-24(14-12-22)15-17(25)16-27-18-7-3-2-4-8-18/h2-10,17,25H,11-16H2,1H3. The minimum Gasteiger partial charge on any atom is -0.491 e. The zero-order chi connectivity index (χ0) is 18.9. The summed E-state index contributed by atoms with van der Waals surface area (Å²) in [7, 11) is 1.87. The van der Waals surface area contributed by atoms with Crippen LogP contribution >= 0.6 is 0 Å². The van der Waals surface area contributed by atoms with Gasteiger partial charge in [0.25, 0.3) is 0 Å². The lowest BCUT2D eigenvalue weighted by molar-refractivity contribution is -0.124. The number of aliphatic hydroxyl groups excluding tert-OH is 1. The number of amides is 1. The molecule has 1 unspecified atom stereocenters. The third-order valence-corrected chi connectivity index (χ3v) is 5.86. The van der Waals surface area contributed by atoms with Crippen LogP contribution < -0.4 is 9.64 Å². The van der Waals surface area contributed by atoms with E-state index in [0.717, 1.165) is 42.9 Å². The number of nitrogens with zero attached hydrogens (tertiary/aromatic N) is 2. The van der Waals surface area contributed by atoms with Crippen LogP contribution in [0, 0.1) is 0 Å². The summed E-state index contributed by atoms with van der Waals surface area (Å²) >= 11 is 0. The number of rotatable bonds is 5. The molecule has 2 aliphatic heterocycles. The summed E-state index contributed by atoms with van der Waals surface area (Å²) < 4.78 is 5.64. The third kappa shape index (κ3) is 3.33. The number of carbonyl (C=O) groups is 1. The van der Waals surface area contributed by atoms with Gasteiger partial charge >= 0.3 is 0 Å². The fourth-order valence-corrected chi connectivity index (χ4v) is 4.38. The Morgan fingerprint density at radius 3 is 2.48 bits per heavy atom. The van der Waals surface area contributed by atoms with Gasteiger partial charge in [-0.1, -0.05) is 36.4 Å². The van der Waals surface area contributed by atoms with Crippen molar-refractivity contribution in [1.82, 2.24) is 4.90 Å². The molecular formula is C22H26N2O3. The number of piperidine rings is 1. The summed E-state index contributed by atoms with van der Waals surface area (Å²) in [6.45, 7) is 2.44. The van der Waals surface area contributed by atoms with Crippen molar-refractivity contribution in [3.05, 3.63) is 60.2 Å². The molecule has 5 nitrogen and oxygen atoms in total. The largest absolute Gasteiger partial charge is 0.491 e. The number of carbonyl (C=O) groups excluding carboxylic acids is 1. The minimum atomic E-state index is -0.548. The molecule has 0 aliphatic carbocycles. The Kier molecular flexibility index (Phi) is 4.89. The number of aliphatic hydroxyl groups is 1. The summed E-state index contributed by atoms with van der Waals surface area (Å²) in [6, 6.07) is 17.7. The second kappa shape index (κ2) is 7.33. The molecule has 1 atom stereocenters. The molecule has 2 aromatic rings. The molecule has 1 N–H and O–H groups in total. The van der Waals surface area contributed by atoms with Crippen LogP contribution in [0.1, 0.15) is 18.4 Å². The van der Waals surface area contributed by atoms with Crippen molar-refractivity contribution < 1.29 is 14.6 Å². The maximum Gasteiger partial charge on any atom is 0.237 e. The highest BCUT2D eigenvalue weighted by Gasteiger charge is 2.50. The molecule has 4 rings (SSSR count). The number of benzene rings is 2. The van der Waals surface area contributed by atoms with E-state index in [4.69, 9.17) is 4.74 Å². The molecule has 142 valence electrons. The Morgan fingerprint density at radius 2 is 1.74 bits per heavy atom. The van der Waals surface area contributed by atoms with Crippen LogP contribution in [-0.4, -0.2) is 55.3 Å². The van der Waals surface area contributed by atoms with Gasteiger partial charge in [0.05, 0.1) is 5.41 Å². The second-order valence-corrected chi connectivity index (χ2v) is 7.54. The van der Waals surface area contributed by atoms with Gasteiger partial charge in [-0.15, -0.1) is 0 Å². The number of likely N-dealkylation sites (tertiary alicyclic amines) is 1. The molecular weight excluding hydrogens is 340 g/mol. The average Bonchev–Trinajstić information content (AvgIpc) is 2.92. The van der Waals surface area contributed by atoms with Gasteiger partial charge in [0.2, 0.25) is 5.91 Å². The van der Waals surface area contributed by atoms with E-state index in [0.29, 0.717) is 6.54 Å². The van der Waals surface area contributed by atoms with Gasteiger partial charge in [0.1, 0.15) is 18.5 Å². The van der Waals surface area contributed by atoms with E-state index in [-0.39, 0.29) is 12.5 Å². The fraction of sp³-hybridized carbons (Fsp3) is 0.409. The Balaban J connectivity index is 1.35. The number of fused-ring (bicyclic) bond motifs is 2. The van der Waals surface area contributed by atoms with Crippen LogP contribution in [0.3, 0.4) is 0 Å². The average molecular weight is 366 g/mol. The Hall–Kier alpha value is -2.37. The summed E-state index contributed by atoms with van der Waals surface area (Å²) in [5.74, 6) is 0.974. The van der Waals surface area contributed by atoms with Gasteiger partial charge in [0.15, 0.2) is 0 Å². The number of para-hydroxylation sites is 2. The maximum absolute atomic E-state index is 13.0. The lowest BCUT2D eigenvalue weighted by atomic mass is 9.73. The molecule has 1 fully saturated rings. The monoisotopic (exact) mass is 366 g/mol. The van der Waals surface area contributed by atoms with Gasteiger partial charge in [-0.3, -0.25) is 4.79 Å². The summed E-state index contributed by atoms with van der Waals surface area (Å²) in [6.07, 6.45) is 1.03. The molecule has 0 saturated carbocycles. The van der Waals surface area contributed by atoms with Crippen molar-refractivity contribution in [2.45, 2.75) is 24.4 Å². The Labute approximate surface area is 160 Å². The van der Waals surface area contributed by atoms with Crippen LogP contribution in [0.25, 0.3) is 0 Å². The van der Waals surface area contributed by atoms with Crippen molar-refractivity contribution in [2.24, 2.45) is 0 Å². The first-order valence-corrected chi connectivity index (χ1v) is 9.56. The van der Waals surface area contributed by atoms with E-state index in [2.05, 4.69) is 11.0 Å². The minimum absolute atomic E-state index is 0.205. The number of hydrogen-bond acceptors (Lipinski definition) is 4. The highest BCUT2D eigenvalue weighted by Crippen LogP contribution is 2.47. The highest BCUT2D eigenvalue weighted by molar-refractivity contribution is 6.07. The van der Waals surface area contributed by atoms with Crippen molar-refractivity contribution in [2.75, 3.05) is 38.2 Å². The van der Waals surface area contributed by atoms with Gasteiger partial charge in [-0.25, -0.2) is 0 Å². The van der Waals surface area contributed by atoms with Crippen molar-refractivity contribution in [1.29, 1.82) is 0 Å². The number of hydrogen-bond donors (Lipinski definition) is 1. The van der Waals surface area contributed by atoms with E-state index in [1.54, 1.807) is 4.90 Å². The van der Waals surface area contributed by atoms with Gasteiger partial charge in [0, 0.05) is 19.3 Å². The second-order valence-electron chi connectivity index (χ2n) is 7.54. The smallest absolute Gasteiger partial charge is 0.237 e. The molecule has 2 aliphatic rings. The SMILES string of the molecule is CN1C(=O)C2(CCN(CC(O)COc3ccccc3)CC2)c2ccccc21. The third-order valence-electron chi connectivity index (χ3n) is 5.86. The van der Waals surface area contributed by atoms with E-state index < -0.39 is 11.5 Å². The van der Waals surface area contributed by atoms with Crippen molar-refractivity contribution in [3.63, 3.8) is 0 Å². The normalized spacial score (nSPS) is 19.9. The van der Waals surface area contributed by atoms with E-state index in [1.165, 1.54) is 0 Å².